The van der Waals surface area contributed by atoms with Crippen LogP contribution in [0.2, 0.25) is 0 Å². The fraction of sp³-hybridized carbons (Fsp3) is 0.700. The summed E-state index contributed by atoms with van der Waals surface area (Å²) in [5, 5.41) is 7.26. The van der Waals surface area contributed by atoms with Crippen molar-refractivity contribution in [1.29, 1.82) is 0 Å². The minimum atomic E-state index is -0.0872. The Kier molecular flexibility index (Phi) is 4.89. The van der Waals surface area contributed by atoms with Crippen LogP contribution < -0.4 is 5.32 Å². The fourth-order valence-electron chi connectivity index (χ4n) is 5.28. The van der Waals surface area contributed by atoms with E-state index in [-0.39, 0.29) is 35.7 Å². The molecule has 0 radical (unpaired) electrons. The van der Waals surface area contributed by atoms with Gasteiger partial charge in [-0.1, -0.05) is 0 Å². The van der Waals surface area contributed by atoms with E-state index in [1.807, 2.05) is 29.8 Å². The maximum atomic E-state index is 13.1. The van der Waals surface area contributed by atoms with E-state index in [0.29, 0.717) is 37.7 Å². The average molecular weight is 387 g/mol. The number of carbonyl (C=O) groups is 3. The normalized spacial score (nSPS) is 29.5. The monoisotopic (exact) mass is 387 g/mol. The zero-order valence-electron chi connectivity index (χ0n) is 16.9. The van der Waals surface area contributed by atoms with Crippen molar-refractivity contribution in [3.8, 4) is 0 Å². The second-order valence-corrected chi connectivity index (χ2v) is 8.53. The van der Waals surface area contributed by atoms with E-state index in [4.69, 9.17) is 0 Å². The van der Waals surface area contributed by atoms with Crippen molar-refractivity contribution < 1.29 is 14.4 Å². The molecule has 3 saturated heterocycles. The highest BCUT2D eigenvalue weighted by atomic mass is 16.2. The number of piperidine rings is 3. The topological polar surface area (TPSA) is 87.5 Å². The van der Waals surface area contributed by atoms with Crippen molar-refractivity contribution in [2.45, 2.75) is 51.6 Å². The number of fused-ring (bicyclic) bond motifs is 4. The lowest BCUT2D eigenvalue weighted by Gasteiger charge is -2.56. The molecule has 1 aromatic heterocycles. The number of aryl methyl sites for hydroxylation is 2. The maximum absolute atomic E-state index is 13.1. The van der Waals surface area contributed by atoms with Gasteiger partial charge in [0.05, 0.1) is 6.04 Å². The molecule has 0 unspecified atom stereocenters. The van der Waals surface area contributed by atoms with Crippen molar-refractivity contribution in [2.24, 2.45) is 18.9 Å². The molecular formula is C20H29N5O3. The van der Waals surface area contributed by atoms with E-state index in [9.17, 15) is 14.4 Å². The first kappa shape index (κ1) is 19.0. The van der Waals surface area contributed by atoms with Gasteiger partial charge in [-0.3, -0.25) is 19.1 Å². The highest BCUT2D eigenvalue weighted by Crippen LogP contribution is 2.41. The number of nitrogens with zero attached hydrogens (tertiary/aromatic N) is 4. The summed E-state index contributed by atoms with van der Waals surface area (Å²) in [6.45, 7) is 5.17. The van der Waals surface area contributed by atoms with Gasteiger partial charge in [-0.2, -0.15) is 5.10 Å². The molecule has 3 fully saturated rings. The molecule has 1 aromatic rings. The van der Waals surface area contributed by atoms with Crippen molar-refractivity contribution in [3.63, 3.8) is 0 Å². The van der Waals surface area contributed by atoms with Crippen molar-refractivity contribution in [1.82, 2.24) is 24.9 Å². The summed E-state index contributed by atoms with van der Waals surface area (Å²) >= 11 is 0. The largest absolute Gasteiger partial charge is 0.354 e. The molecule has 0 aromatic carbocycles. The van der Waals surface area contributed by atoms with Gasteiger partial charge in [0.15, 0.2) is 5.69 Å². The molecule has 3 aliphatic rings. The van der Waals surface area contributed by atoms with Crippen LogP contribution in [0.15, 0.2) is 6.07 Å². The molecular weight excluding hydrogens is 358 g/mol. The average Bonchev–Trinajstić information content (AvgIpc) is 3.00. The molecule has 0 aliphatic carbocycles. The quantitative estimate of drug-likeness (QED) is 0.827. The van der Waals surface area contributed by atoms with Crippen LogP contribution >= 0.6 is 0 Å². The Morgan fingerprint density at radius 2 is 2.04 bits per heavy atom. The molecule has 0 saturated carbocycles. The Balaban J connectivity index is 1.59. The molecule has 0 spiro atoms. The van der Waals surface area contributed by atoms with Crippen LogP contribution in [0.3, 0.4) is 0 Å². The van der Waals surface area contributed by atoms with E-state index in [2.05, 4.69) is 10.4 Å². The number of amides is 3. The zero-order chi connectivity index (χ0) is 20.0. The van der Waals surface area contributed by atoms with Crippen LogP contribution in [0, 0.1) is 18.8 Å². The summed E-state index contributed by atoms with van der Waals surface area (Å²) in [6.07, 6.45) is 3.47. The predicted molar refractivity (Wildman–Crippen MR) is 102 cm³/mol. The Bertz CT molecular complexity index is 784. The maximum Gasteiger partial charge on any atom is 0.274 e. The lowest BCUT2D eigenvalue weighted by atomic mass is 9.72. The standard InChI is InChI=1S/C20H29N5O3/c1-12-7-16(22-23(12)3)20(28)24-10-14-8-15(11-24)18(9-21-13(2)26)25-17(14)5-4-6-19(25)27/h7,14-15,17-18H,4-6,8-11H2,1-3H3,(H,21,26)/t14-,15+,17+,18+/m1/s1. The molecule has 2 bridgehead atoms. The summed E-state index contributed by atoms with van der Waals surface area (Å²) in [5.41, 5.74) is 1.43. The van der Waals surface area contributed by atoms with Crippen LogP contribution in [0.1, 0.15) is 48.8 Å². The van der Waals surface area contributed by atoms with Gasteiger partial charge in [-0.05, 0) is 44.1 Å². The minimum absolute atomic E-state index is 0.0349. The van der Waals surface area contributed by atoms with Gasteiger partial charge in [0.25, 0.3) is 5.91 Å². The molecule has 4 rings (SSSR count). The summed E-state index contributed by atoms with van der Waals surface area (Å²) in [7, 11) is 1.84. The van der Waals surface area contributed by atoms with Gasteiger partial charge >= 0.3 is 0 Å². The Morgan fingerprint density at radius 3 is 2.71 bits per heavy atom. The third-order valence-corrected chi connectivity index (χ3v) is 6.68. The van der Waals surface area contributed by atoms with Crippen molar-refractivity contribution >= 4 is 17.7 Å². The smallest absolute Gasteiger partial charge is 0.274 e. The zero-order valence-corrected chi connectivity index (χ0v) is 16.9. The fourth-order valence-corrected chi connectivity index (χ4v) is 5.28. The lowest BCUT2D eigenvalue weighted by molar-refractivity contribution is -0.151. The minimum Gasteiger partial charge on any atom is -0.354 e. The molecule has 1 N–H and O–H groups in total. The van der Waals surface area contributed by atoms with E-state index in [1.165, 1.54) is 6.92 Å². The van der Waals surface area contributed by atoms with Gasteiger partial charge in [0.2, 0.25) is 11.8 Å². The number of carbonyl (C=O) groups excluding carboxylic acids is 3. The number of hydrogen-bond acceptors (Lipinski definition) is 4. The number of hydrogen-bond donors (Lipinski definition) is 1. The van der Waals surface area contributed by atoms with Gasteiger partial charge in [0.1, 0.15) is 0 Å². The Morgan fingerprint density at radius 1 is 1.29 bits per heavy atom. The third kappa shape index (κ3) is 3.29. The SMILES string of the molecule is CC(=O)NC[C@H]1[C@H]2C[C@H](CN(C(=O)c3cc(C)n(C)n3)C2)[C@@H]2CCCC(=O)N21. The first-order chi connectivity index (χ1) is 13.3. The second kappa shape index (κ2) is 7.22. The molecule has 28 heavy (non-hydrogen) atoms. The van der Waals surface area contributed by atoms with Crippen LogP contribution in [-0.2, 0) is 16.6 Å². The lowest BCUT2D eigenvalue weighted by Crippen LogP contribution is -2.67. The van der Waals surface area contributed by atoms with Gasteiger partial charge < -0.3 is 15.1 Å². The van der Waals surface area contributed by atoms with Gasteiger partial charge in [-0.15, -0.1) is 0 Å². The first-order valence-electron chi connectivity index (χ1n) is 10.2. The van der Waals surface area contributed by atoms with E-state index >= 15 is 0 Å². The molecule has 8 heteroatoms. The van der Waals surface area contributed by atoms with Crippen molar-refractivity contribution in [2.75, 3.05) is 19.6 Å². The van der Waals surface area contributed by atoms with E-state index in [0.717, 1.165) is 25.0 Å². The van der Waals surface area contributed by atoms with Crippen LogP contribution in [0.5, 0.6) is 0 Å². The molecule has 4 heterocycles. The molecule has 3 aliphatic heterocycles. The highest BCUT2D eigenvalue weighted by Gasteiger charge is 2.50. The second-order valence-electron chi connectivity index (χ2n) is 8.53. The predicted octanol–water partition coefficient (Wildman–Crippen LogP) is 0.706. The number of nitrogens with one attached hydrogen (secondary N) is 1. The van der Waals surface area contributed by atoms with Crippen LogP contribution in [0.25, 0.3) is 0 Å². The number of likely N-dealkylation sites (tertiary alicyclic amines) is 1. The Labute approximate surface area is 165 Å². The number of aromatic nitrogens is 2. The Hall–Kier alpha value is -2.38. The third-order valence-electron chi connectivity index (χ3n) is 6.68. The summed E-state index contributed by atoms with van der Waals surface area (Å²) in [5.74, 6) is 0.549. The van der Waals surface area contributed by atoms with Crippen LogP contribution in [0.4, 0.5) is 0 Å². The van der Waals surface area contributed by atoms with Crippen LogP contribution in [-0.4, -0.2) is 69.0 Å². The van der Waals surface area contributed by atoms with Crippen molar-refractivity contribution in [3.05, 3.63) is 17.5 Å². The molecule has 8 nitrogen and oxygen atoms in total. The molecule has 3 amide bonds. The van der Waals surface area contributed by atoms with E-state index < -0.39 is 0 Å². The first-order valence-corrected chi connectivity index (χ1v) is 10.2. The summed E-state index contributed by atoms with van der Waals surface area (Å²) in [6, 6.07) is 1.95. The summed E-state index contributed by atoms with van der Waals surface area (Å²) < 4.78 is 1.72. The summed E-state index contributed by atoms with van der Waals surface area (Å²) in [4.78, 5) is 41.3. The van der Waals surface area contributed by atoms with Gasteiger partial charge in [-0.25, -0.2) is 0 Å². The molecule has 4 atom stereocenters. The van der Waals surface area contributed by atoms with Gasteiger partial charge in [0, 0.05) is 51.8 Å². The van der Waals surface area contributed by atoms with E-state index in [1.54, 1.807) is 4.68 Å². The molecule has 152 valence electrons. The highest BCUT2D eigenvalue weighted by molar-refractivity contribution is 5.92. The number of rotatable bonds is 3.